The maximum Gasteiger partial charge on any atom is 0.317 e. The fraction of sp³-hybridized carbons (Fsp3) is 0.600. The summed E-state index contributed by atoms with van der Waals surface area (Å²) in [6, 6.07) is 2.90. The van der Waals surface area contributed by atoms with Gasteiger partial charge in [-0.15, -0.1) is 0 Å². The molecule has 1 aliphatic carbocycles. The lowest BCUT2D eigenvalue weighted by molar-refractivity contribution is 0.0997. The Morgan fingerprint density at radius 2 is 1.70 bits per heavy atom. The van der Waals surface area contributed by atoms with Gasteiger partial charge in [-0.05, 0) is 56.7 Å². The number of nitrogens with two attached hydrogens (primary N) is 1. The number of fused-ring (bicyclic) bond motifs is 3. The van der Waals surface area contributed by atoms with Crippen molar-refractivity contribution >= 4 is 27.5 Å². The zero-order valence-electron chi connectivity index (χ0n) is 25.0. The highest BCUT2D eigenvalue weighted by atomic mass is 32.2. The number of amides is 3. The van der Waals surface area contributed by atoms with E-state index in [9.17, 15) is 18.0 Å². The van der Waals surface area contributed by atoms with Crippen molar-refractivity contribution in [1.82, 2.24) is 19.7 Å². The lowest BCUT2D eigenvalue weighted by Crippen LogP contribution is -2.53. The van der Waals surface area contributed by atoms with Crippen molar-refractivity contribution in [3.8, 4) is 5.69 Å². The van der Waals surface area contributed by atoms with Gasteiger partial charge in [0.15, 0.2) is 9.84 Å². The molecule has 0 atom stereocenters. The topological polar surface area (TPSA) is 139 Å². The van der Waals surface area contributed by atoms with Gasteiger partial charge in [0.1, 0.15) is 5.82 Å². The number of anilines is 1. The largest absolute Gasteiger partial charge is 0.382 e. The minimum Gasteiger partial charge on any atom is -0.382 e. The van der Waals surface area contributed by atoms with Crippen LogP contribution in [0.2, 0.25) is 0 Å². The van der Waals surface area contributed by atoms with Crippen LogP contribution in [0.4, 0.5) is 14.9 Å². The predicted octanol–water partition coefficient (Wildman–Crippen LogP) is 2.78. The average Bonchev–Trinajstić information content (AvgIpc) is 3.48. The number of sulfone groups is 1. The van der Waals surface area contributed by atoms with Gasteiger partial charge in [-0.2, -0.15) is 0 Å². The van der Waals surface area contributed by atoms with E-state index in [-0.39, 0.29) is 48.3 Å². The van der Waals surface area contributed by atoms with Gasteiger partial charge >= 0.3 is 6.03 Å². The van der Waals surface area contributed by atoms with Crippen LogP contribution in [-0.2, 0) is 34.2 Å². The second-order valence-corrected chi connectivity index (χ2v) is 15.2. The van der Waals surface area contributed by atoms with E-state index in [1.54, 1.807) is 10.6 Å². The predicted molar refractivity (Wildman–Crippen MR) is 160 cm³/mol. The van der Waals surface area contributed by atoms with Gasteiger partial charge in [0.2, 0.25) is 0 Å². The monoisotopic (exact) mass is 616 g/mol. The van der Waals surface area contributed by atoms with E-state index in [4.69, 9.17) is 10.5 Å². The lowest BCUT2D eigenvalue weighted by Gasteiger charge is -2.35. The summed E-state index contributed by atoms with van der Waals surface area (Å²) in [6.07, 6.45) is 3.42. The van der Waals surface area contributed by atoms with Crippen LogP contribution in [0.5, 0.6) is 0 Å². The third-order valence-electron chi connectivity index (χ3n) is 9.23. The molecule has 6 rings (SSSR count). The first-order valence-corrected chi connectivity index (χ1v) is 16.7. The van der Waals surface area contributed by atoms with Gasteiger partial charge in [-0.3, -0.25) is 4.79 Å². The quantitative estimate of drug-likeness (QED) is 0.470. The molecule has 2 aromatic rings. The summed E-state index contributed by atoms with van der Waals surface area (Å²) in [4.78, 5) is 29.5. The molecule has 43 heavy (non-hydrogen) atoms. The molecule has 3 aliphatic heterocycles. The normalized spacial score (nSPS) is 24.7. The smallest absolute Gasteiger partial charge is 0.317 e. The molecule has 0 unspecified atom stereocenters. The van der Waals surface area contributed by atoms with Gasteiger partial charge < -0.3 is 35.5 Å². The van der Waals surface area contributed by atoms with Crippen LogP contribution in [0.3, 0.4) is 0 Å². The highest BCUT2D eigenvalue weighted by Gasteiger charge is 2.43. The van der Waals surface area contributed by atoms with Crippen molar-refractivity contribution in [3.63, 3.8) is 0 Å². The van der Waals surface area contributed by atoms with Crippen molar-refractivity contribution in [1.29, 1.82) is 0 Å². The molecule has 0 spiro atoms. The van der Waals surface area contributed by atoms with Gasteiger partial charge in [-0.25, -0.2) is 17.6 Å². The molecule has 3 amide bonds. The number of benzene rings is 1. The number of carbonyl (C=O) groups excluding carboxylic acids is 2. The summed E-state index contributed by atoms with van der Waals surface area (Å²) in [6.45, 7) is 7.37. The Hall–Kier alpha value is -3.16. The minimum atomic E-state index is -3.57. The van der Waals surface area contributed by atoms with Crippen molar-refractivity contribution < 1.29 is 27.1 Å². The number of aromatic nitrogens is 1. The van der Waals surface area contributed by atoms with Crippen LogP contribution < -0.4 is 16.4 Å². The molecule has 4 heterocycles. The number of ether oxygens (including phenoxy) is 1. The average molecular weight is 617 g/mol. The van der Waals surface area contributed by atoms with E-state index in [1.807, 2.05) is 25.8 Å². The molecule has 1 saturated carbocycles. The number of halogens is 1. The second-order valence-electron chi connectivity index (χ2n) is 13.3. The van der Waals surface area contributed by atoms with Crippen molar-refractivity contribution in [3.05, 3.63) is 40.5 Å². The zero-order valence-corrected chi connectivity index (χ0v) is 25.9. The number of nitrogens with zero attached hydrogens (tertiary/aromatic N) is 3. The van der Waals surface area contributed by atoms with E-state index in [0.717, 1.165) is 25.9 Å². The molecular weight excluding hydrogens is 575 g/mol. The molecule has 1 aromatic carbocycles. The summed E-state index contributed by atoms with van der Waals surface area (Å²) < 4.78 is 49.9. The molecule has 11 nitrogen and oxygen atoms in total. The minimum absolute atomic E-state index is 0.0315. The maximum absolute atomic E-state index is 15.6. The number of urea groups is 1. The molecule has 0 bridgehead atoms. The van der Waals surface area contributed by atoms with Crippen molar-refractivity contribution in [2.75, 3.05) is 44.3 Å². The van der Waals surface area contributed by atoms with E-state index in [2.05, 4.69) is 15.5 Å². The number of hydrogen-bond acceptors (Lipinski definition) is 7. The SMILES string of the molecule is CN1CCN(C(=O)NC2CCC(Nc3cc(-n4c5c(c6c4CC(C)(C)CS6(=O)=O)COC5)cc(F)c3C(N)=O)CC2)CC1. The molecule has 1 saturated heterocycles. The molecule has 13 heteroatoms. The third-order valence-corrected chi connectivity index (χ3v) is 11.5. The highest BCUT2D eigenvalue weighted by Crippen LogP contribution is 2.44. The van der Waals surface area contributed by atoms with Crippen LogP contribution in [0, 0.1) is 11.2 Å². The standard InChI is InChI=1S/C30H41FN6O5S/c1-30(2)14-24-27(43(40,41)17-30)21-15-42-16-25(21)37(24)20-12-22(31)26(28(32)38)23(13-20)33-18-4-6-19(7-5-18)34-29(39)36-10-8-35(3)9-11-36/h12-13,18-19,33H,4-11,14-17H2,1-3H3,(H2,32,38)(H,34,39). The summed E-state index contributed by atoms with van der Waals surface area (Å²) in [7, 11) is -1.52. The van der Waals surface area contributed by atoms with Crippen LogP contribution >= 0.6 is 0 Å². The lowest BCUT2D eigenvalue weighted by atomic mass is 9.89. The fourth-order valence-corrected chi connectivity index (χ4v) is 9.50. The van der Waals surface area contributed by atoms with E-state index >= 15 is 4.39 Å². The Kier molecular flexibility index (Phi) is 7.70. The number of likely N-dealkylation sites (N-methyl/N-ethyl adjacent to an activating group) is 1. The zero-order chi connectivity index (χ0) is 30.7. The molecule has 234 valence electrons. The van der Waals surface area contributed by atoms with E-state index < -0.39 is 27.0 Å². The molecule has 0 radical (unpaired) electrons. The van der Waals surface area contributed by atoms with E-state index in [0.29, 0.717) is 59.9 Å². The summed E-state index contributed by atoms with van der Waals surface area (Å²) in [5.41, 5.74) is 7.57. The van der Waals surface area contributed by atoms with Gasteiger partial charge in [0, 0.05) is 49.5 Å². The number of carbonyl (C=O) groups is 2. The van der Waals surface area contributed by atoms with Crippen molar-refractivity contribution in [2.45, 2.75) is 76.1 Å². The van der Waals surface area contributed by atoms with Gasteiger partial charge in [0.25, 0.3) is 5.91 Å². The molecule has 4 aliphatic rings. The van der Waals surface area contributed by atoms with E-state index in [1.165, 1.54) is 6.07 Å². The Balaban J connectivity index is 1.25. The number of piperazine rings is 1. The Bertz CT molecular complexity index is 1560. The Morgan fingerprint density at radius 1 is 1.02 bits per heavy atom. The Morgan fingerprint density at radius 3 is 2.37 bits per heavy atom. The first-order chi connectivity index (χ1) is 20.3. The summed E-state index contributed by atoms with van der Waals surface area (Å²) in [5.74, 6) is -1.62. The first-order valence-electron chi connectivity index (χ1n) is 15.0. The number of hydrogen-bond donors (Lipinski definition) is 3. The van der Waals surface area contributed by atoms with Crippen LogP contribution in [0.25, 0.3) is 5.69 Å². The molecule has 2 fully saturated rings. The number of rotatable bonds is 5. The molecule has 4 N–H and O–H groups in total. The fourth-order valence-electron chi connectivity index (χ4n) is 7.15. The van der Waals surface area contributed by atoms with Gasteiger partial charge in [-0.1, -0.05) is 13.8 Å². The summed E-state index contributed by atoms with van der Waals surface area (Å²) in [5, 5.41) is 6.53. The van der Waals surface area contributed by atoms with Crippen LogP contribution in [-0.4, -0.2) is 85.8 Å². The Labute approximate surface area is 251 Å². The number of primary amides is 1. The first kappa shape index (κ1) is 29.9. The van der Waals surface area contributed by atoms with Crippen LogP contribution in [0.15, 0.2) is 17.0 Å². The maximum atomic E-state index is 15.6. The second kappa shape index (κ2) is 11.1. The van der Waals surface area contributed by atoms with Crippen molar-refractivity contribution in [2.24, 2.45) is 11.1 Å². The summed E-state index contributed by atoms with van der Waals surface area (Å²) >= 11 is 0. The highest BCUT2D eigenvalue weighted by molar-refractivity contribution is 7.91. The third kappa shape index (κ3) is 5.74. The number of nitrogens with one attached hydrogen (secondary N) is 2. The molecule has 1 aromatic heterocycles. The van der Waals surface area contributed by atoms with Crippen LogP contribution in [0.1, 0.15) is 66.8 Å². The van der Waals surface area contributed by atoms with Gasteiger partial charge in [0.05, 0.1) is 46.5 Å². The molecular formula is C30H41FN6O5S.